The van der Waals surface area contributed by atoms with Crippen LogP contribution in [0.5, 0.6) is 0 Å². The van der Waals surface area contributed by atoms with Gasteiger partial charge in [0.15, 0.2) is 0 Å². The highest BCUT2D eigenvalue weighted by molar-refractivity contribution is 5.95. The Morgan fingerprint density at radius 1 is 0.741 bits per heavy atom. The molecule has 1 aromatic rings. The number of carboxylic acid groups (broad SMARTS) is 1. The minimum atomic E-state index is -0.768. The maximum absolute atomic E-state index is 12.5. The van der Waals surface area contributed by atoms with Crippen LogP contribution in [0.2, 0.25) is 0 Å². The summed E-state index contributed by atoms with van der Waals surface area (Å²) in [6.07, 6.45) is 7.61. The summed E-state index contributed by atoms with van der Waals surface area (Å²) in [7, 11) is 0. The van der Waals surface area contributed by atoms with Gasteiger partial charge in [-0.25, -0.2) is 0 Å². The minimum absolute atomic E-state index is 0.0603. The number of amides is 2. The Morgan fingerprint density at radius 2 is 1.22 bits per heavy atom. The molecule has 6 nitrogen and oxygen atoms in total. The maximum atomic E-state index is 12.5. The maximum Gasteiger partial charge on any atom is 0.306 e. The van der Waals surface area contributed by atoms with Gasteiger partial charge in [-0.05, 0) is 56.7 Å². The summed E-state index contributed by atoms with van der Waals surface area (Å²) in [4.78, 5) is 35.9. The molecule has 146 valence electrons. The van der Waals surface area contributed by atoms with Crippen LogP contribution < -0.4 is 10.6 Å². The molecule has 0 atom stereocenters. The van der Waals surface area contributed by atoms with Gasteiger partial charge in [0.2, 0.25) is 11.8 Å². The Bertz CT molecular complexity index is 689. The number of rotatable bonds is 5. The van der Waals surface area contributed by atoms with Crippen LogP contribution in [0.1, 0.15) is 57.8 Å². The lowest BCUT2D eigenvalue weighted by atomic mass is 9.81. The van der Waals surface area contributed by atoms with Gasteiger partial charge < -0.3 is 15.7 Å². The lowest BCUT2D eigenvalue weighted by Gasteiger charge is -2.25. The fourth-order valence-corrected chi connectivity index (χ4v) is 4.13. The molecule has 0 bridgehead atoms. The Kier molecular flexibility index (Phi) is 6.48. The molecule has 0 aliphatic heterocycles. The van der Waals surface area contributed by atoms with Crippen LogP contribution in [0.3, 0.4) is 0 Å². The average molecular weight is 372 g/mol. The zero-order chi connectivity index (χ0) is 19.2. The molecule has 0 spiro atoms. The number of anilines is 2. The molecular weight excluding hydrogens is 344 g/mol. The highest BCUT2D eigenvalue weighted by Gasteiger charge is 2.29. The first kappa shape index (κ1) is 19.4. The molecule has 6 heteroatoms. The quantitative estimate of drug-likeness (QED) is 0.727. The first-order valence-corrected chi connectivity index (χ1v) is 9.97. The van der Waals surface area contributed by atoms with Gasteiger partial charge in [0.1, 0.15) is 0 Å². The number of hydrogen-bond donors (Lipinski definition) is 3. The minimum Gasteiger partial charge on any atom is -0.481 e. The molecule has 0 radical (unpaired) electrons. The number of benzene rings is 1. The molecular formula is C21H28N2O4. The van der Waals surface area contributed by atoms with Gasteiger partial charge in [-0.3, -0.25) is 14.4 Å². The van der Waals surface area contributed by atoms with Crippen molar-refractivity contribution in [2.24, 2.45) is 17.8 Å². The van der Waals surface area contributed by atoms with E-state index >= 15 is 0 Å². The second-order valence-electron chi connectivity index (χ2n) is 7.78. The van der Waals surface area contributed by atoms with E-state index in [1.165, 1.54) is 6.42 Å². The monoisotopic (exact) mass is 372 g/mol. The van der Waals surface area contributed by atoms with Gasteiger partial charge in [0.25, 0.3) is 0 Å². The van der Waals surface area contributed by atoms with E-state index in [9.17, 15) is 14.4 Å². The molecule has 2 aliphatic carbocycles. The van der Waals surface area contributed by atoms with Crippen molar-refractivity contribution in [1.82, 2.24) is 0 Å². The molecule has 2 aliphatic rings. The Hall–Kier alpha value is -2.37. The third kappa shape index (κ3) is 5.31. The Balaban J connectivity index is 1.53. The molecule has 2 saturated carbocycles. The molecule has 1 aromatic carbocycles. The fourth-order valence-electron chi connectivity index (χ4n) is 4.13. The first-order valence-electron chi connectivity index (χ1n) is 9.97. The van der Waals surface area contributed by atoms with Gasteiger partial charge in [-0.1, -0.05) is 25.3 Å². The van der Waals surface area contributed by atoms with Crippen molar-refractivity contribution < 1.29 is 19.5 Å². The van der Waals surface area contributed by atoms with Gasteiger partial charge >= 0.3 is 5.97 Å². The zero-order valence-corrected chi connectivity index (χ0v) is 15.6. The van der Waals surface area contributed by atoms with E-state index in [2.05, 4.69) is 10.6 Å². The van der Waals surface area contributed by atoms with E-state index in [-0.39, 0.29) is 29.6 Å². The summed E-state index contributed by atoms with van der Waals surface area (Å²) in [5, 5.41) is 14.9. The normalized spacial score (nSPS) is 23.4. The van der Waals surface area contributed by atoms with Crippen LogP contribution in [-0.4, -0.2) is 22.9 Å². The second-order valence-corrected chi connectivity index (χ2v) is 7.78. The summed E-state index contributed by atoms with van der Waals surface area (Å²) < 4.78 is 0. The van der Waals surface area contributed by atoms with Crippen molar-refractivity contribution in [1.29, 1.82) is 0 Å². The smallest absolute Gasteiger partial charge is 0.306 e. The summed E-state index contributed by atoms with van der Waals surface area (Å²) in [5.74, 6) is -1.18. The van der Waals surface area contributed by atoms with Gasteiger partial charge in [-0.15, -0.1) is 0 Å². The van der Waals surface area contributed by atoms with E-state index in [4.69, 9.17) is 5.11 Å². The molecule has 3 rings (SSSR count). The average Bonchev–Trinajstić information content (AvgIpc) is 2.69. The molecule has 0 heterocycles. The van der Waals surface area contributed by atoms with Crippen molar-refractivity contribution in [2.75, 3.05) is 10.6 Å². The van der Waals surface area contributed by atoms with Crippen LogP contribution in [-0.2, 0) is 14.4 Å². The molecule has 0 unspecified atom stereocenters. The Labute approximate surface area is 159 Å². The van der Waals surface area contributed by atoms with Crippen LogP contribution in [0, 0.1) is 17.8 Å². The lowest BCUT2D eigenvalue weighted by Crippen LogP contribution is -2.29. The number of carboxylic acids is 1. The van der Waals surface area contributed by atoms with Crippen LogP contribution in [0.4, 0.5) is 11.4 Å². The van der Waals surface area contributed by atoms with Crippen LogP contribution in [0.15, 0.2) is 24.3 Å². The van der Waals surface area contributed by atoms with Crippen molar-refractivity contribution in [3.8, 4) is 0 Å². The number of hydrogen-bond acceptors (Lipinski definition) is 3. The van der Waals surface area contributed by atoms with Gasteiger partial charge in [0.05, 0.1) is 5.92 Å². The number of carbonyl (C=O) groups excluding carboxylic acids is 2. The summed E-state index contributed by atoms with van der Waals surface area (Å²) >= 11 is 0. The topological polar surface area (TPSA) is 95.5 Å². The highest BCUT2D eigenvalue weighted by atomic mass is 16.4. The molecule has 0 saturated heterocycles. The molecule has 2 fully saturated rings. The lowest BCUT2D eigenvalue weighted by molar-refractivity contribution is -0.143. The van der Waals surface area contributed by atoms with E-state index in [1.54, 1.807) is 12.1 Å². The SMILES string of the molecule is O=C(O)C1CCC(C(=O)Nc2cccc(NC(=O)C3CCCCC3)c2)CC1. The standard InChI is InChI=1S/C21H28N2O4/c24-19(14-5-2-1-3-6-14)22-17-7-4-8-18(13-17)23-20(25)15-9-11-16(12-10-15)21(26)27/h4,7-8,13-16H,1-3,5-6,9-12H2,(H,22,24)(H,23,25)(H,26,27). The molecule has 27 heavy (non-hydrogen) atoms. The van der Waals surface area contributed by atoms with Crippen molar-refractivity contribution >= 4 is 29.2 Å². The van der Waals surface area contributed by atoms with Crippen LogP contribution in [0.25, 0.3) is 0 Å². The van der Waals surface area contributed by atoms with E-state index in [1.807, 2.05) is 12.1 Å². The number of aliphatic carboxylic acids is 1. The van der Waals surface area contributed by atoms with Gasteiger partial charge in [0, 0.05) is 23.2 Å². The molecule has 0 aromatic heterocycles. The number of nitrogens with one attached hydrogen (secondary N) is 2. The number of carbonyl (C=O) groups is 3. The fraction of sp³-hybridized carbons (Fsp3) is 0.571. The van der Waals surface area contributed by atoms with E-state index in [0.29, 0.717) is 37.1 Å². The predicted molar refractivity (Wildman–Crippen MR) is 103 cm³/mol. The molecule has 3 N–H and O–H groups in total. The Morgan fingerprint density at radius 3 is 1.74 bits per heavy atom. The third-order valence-electron chi connectivity index (χ3n) is 5.82. The third-order valence-corrected chi connectivity index (χ3v) is 5.82. The van der Waals surface area contributed by atoms with Crippen LogP contribution >= 0.6 is 0 Å². The highest BCUT2D eigenvalue weighted by Crippen LogP contribution is 2.30. The second kappa shape index (κ2) is 9.02. The molecule has 2 amide bonds. The largest absolute Gasteiger partial charge is 0.481 e. The van der Waals surface area contributed by atoms with Crippen molar-refractivity contribution in [3.05, 3.63) is 24.3 Å². The predicted octanol–water partition coefficient (Wildman–Crippen LogP) is 4.03. The first-order chi connectivity index (χ1) is 13.0. The summed E-state index contributed by atoms with van der Waals surface area (Å²) in [6, 6.07) is 7.22. The van der Waals surface area contributed by atoms with Crippen molar-refractivity contribution in [2.45, 2.75) is 57.8 Å². The van der Waals surface area contributed by atoms with E-state index < -0.39 is 5.97 Å². The summed E-state index contributed by atoms with van der Waals surface area (Å²) in [5.41, 5.74) is 1.35. The van der Waals surface area contributed by atoms with Crippen molar-refractivity contribution in [3.63, 3.8) is 0 Å². The van der Waals surface area contributed by atoms with Gasteiger partial charge in [-0.2, -0.15) is 0 Å². The summed E-state index contributed by atoms with van der Waals surface area (Å²) in [6.45, 7) is 0. The van der Waals surface area contributed by atoms with E-state index in [0.717, 1.165) is 25.7 Å². The zero-order valence-electron chi connectivity index (χ0n) is 15.6.